The van der Waals surface area contributed by atoms with E-state index in [-0.39, 0.29) is 17.8 Å². The SMILES string of the molecule is COc1ccc([C@H]2C[C@H]2NC(=O)C(=O)Nc2ccc(F)cc2C)cc1. The molecule has 130 valence electrons. The van der Waals surface area contributed by atoms with Crippen LogP contribution in [0.25, 0.3) is 0 Å². The molecular formula is C19H19FN2O3. The number of rotatable bonds is 4. The fourth-order valence-corrected chi connectivity index (χ4v) is 2.75. The van der Waals surface area contributed by atoms with Crippen LogP contribution in [-0.2, 0) is 9.59 Å². The van der Waals surface area contributed by atoms with Crippen LogP contribution >= 0.6 is 0 Å². The van der Waals surface area contributed by atoms with Gasteiger partial charge in [-0.2, -0.15) is 0 Å². The maximum absolute atomic E-state index is 13.1. The molecule has 0 bridgehead atoms. The summed E-state index contributed by atoms with van der Waals surface area (Å²) in [4.78, 5) is 24.0. The summed E-state index contributed by atoms with van der Waals surface area (Å²) >= 11 is 0. The second-order valence-corrected chi connectivity index (χ2v) is 6.11. The highest BCUT2D eigenvalue weighted by atomic mass is 19.1. The van der Waals surface area contributed by atoms with Crippen molar-refractivity contribution in [2.75, 3.05) is 12.4 Å². The van der Waals surface area contributed by atoms with Gasteiger partial charge in [-0.25, -0.2) is 4.39 Å². The van der Waals surface area contributed by atoms with Crippen molar-refractivity contribution in [3.05, 3.63) is 59.4 Å². The highest BCUT2D eigenvalue weighted by molar-refractivity contribution is 6.39. The van der Waals surface area contributed by atoms with Gasteiger partial charge in [-0.15, -0.1) is 0 Å². The Morgan fingerprint density at radius 2 is 1.84 bits per heavy atom. The number of amides is 2. The molecule has 25 heavy (non-hydrogen) atoms. The molecule has 6 heteroatoms. The van der Waals surface area contributed by atoms with E-state index in [4.69, 9.17) is 4.74 Å². The molecule has 2 N–H and O–H groups in total. The van der Waals surface area contributed by atoms with E-state index >= 15 is 0 Å². The average molecular weight is 342 g/mol. The van der Waals surface area contributed by atoms with Gasteiger partial charge in [-0.05, 0) is 54.8 Å². The summed E-state index contributed by atoms with van der Waals surface area (Å²) in [7, 11) is 1.61. The molecule has 3 rings (SSSR count). The lowest BCUT2D eigenvalue weighted by atomic mass is 10.1. The Bertz CT molecular complexity index is 805. The summed E-state index contributed by atoms with van der Waals surface area (Å²) in [5.41, 5.74) is 2.08. The molecule has 1 fully saturated rings. The van der Waals surface area contributed by atoms with Gasteiger partial charge in [0.2, 0.25) is 0 Å². The van der Waals surface area contributed by atoms with Crippen molar-refractivity contribution in [2.24, 2.45) is 0 Å². The molecule has 2 aromatic rings. The molecule has 2 aromatic carbocycles. The maximum Gasteiger partial charge on any atom is 0.313 e. The Kier molecular flexibility index (Phi) is 4.70. The minimum atomic E-state index is -0.755. The summed E-state index contributed by atoms with van der Waals surface area (Å²) in [6.07, 6.45) is 0.793. The van der Waals surface area contributed by atoms with Crippen molar-refractivity contribution in [1.82, 2.24) is 5.32 Å². The highest BCUT2D eigenvalue weighted by Gasteiger charge is 2.40. The van der Waals surface area contributed by atoms with Crippen molar-refractivity contribution < 1.29 is 18.7 Å². The van der Waals surface area contributed by atoms with Gasteiger partial charge < -0.3 is 15.4 Å². The van der Waals surface area contributed by atoms with Crippen LogP contribution in [0.4, 0.5) is 10.1 Å². The summed E-state index contributed by atoms with van der Waals surface area (Å²) in [5.74, 6) is -0.852. The molecule has 5 nitrogen and oxygen atoms in total. The largest absolute Gasteiger partial charge is 0.497 e. The number of nitrogens with one attached hydrogen (secondary N) is 2. The lowest BCUT2D eigenvalue weighted by Gasteiger charge is -2.09. The second-order valence-electron chi connectivity index (χ2n) is 6.11. The molecule has 0 spiro atoms. The lowest BCUT2D eigenvalue weighted by Crippen LogP contribution is -2.37. The quantitative estimate of drug-likeness (QED) is 0.840. The number of methoxy groups -OCH3 is 1. The third-order valence-corrected chi connectivity index (χ3v) is 4.29. The normalized spacial score (nSPS) is 18.4. The number of benzene rings is 2. The lowest BCUT2D eigenvalue weighted by molar-refractivity contribution is -0.136. The van der Waals surface area contributed by atoms with E-state index in [1.54, 1.807) is 14.0 Å². The minimum Gasteiger partial charge on any atom is -0.497 e. The number of carbonyl (C=O) groups excluding carboxylic acids is 2. The monoisotopic (exact) mass is 342 g/mol. The standard InChI is InChI=1S/C19H19FN2O3/c1-11-9-13(20)5-8-16(11)21-18(23)19(24)22-17-10-15(17)12-3-6-14(25-2)7-4-12/h3-9,15,17H,10H2,1-2H3,(H,21,23)(H,22,24)/t15-,17-/m1/s1. The van der Waals surface area contributed by atoms with Crippen LogP contribution in [0.5, 0.6) is 5.75 Å². The fraction of sp³-hybridized carbons (Fsp3) is 0.263. The molecule has 0 aromatic heterocycles. The van der Waals surface area contributed by atoms with E-state index in [1.807, 2.05) is 24.3 Å². The Morgan fingerprint density at radius 1 is 1.12 bits per heavy atom. The molecule has 1 aliphatic carbocycles. The number of ether oxygens (including phenoxy) is 1. The first kappa shape index (κ1) is 17.0. The second kappa shape index (κ2) is 6.93. The first-order valence-electron chi connectivity index (χ1n) is 8.00. The van der Waals surface area contributed by atoms with E-state index in [1.165, 1.54) is 18.2 Å². The molecule has 0 heterocycles. The zero-order valence-corrected chi connectivity index (χ0v) is 14.0. The van der Waals surface area contributed by atoms with Gasteiger partial charge in [0.05, 0.1) is 7.11 Å². The van der Waals surface area contributed by atoms with Gasteiger partial charge in [-0.1, -0.05) is 12.1 Å². The molecule has 0 saturated heterocycles. The van der Waals surface area contributed by atoms with E-state index in [0.29, 0.717) is 11.3 Å². The van der Waals surface area contributed by atoms with Crippen molar-refractivity contribution >= 4 is 17.5 Å². The summed E-state index contributed by atoms with van der Waals surface area (Å²) in [6.45, 7) is 1.66. The van der Waals surface area contributed by atoms with Gasteiger partial charge in [0, 0.05) is 17.6 Å². The van der Waals surface area contributed by atoms with Crippen LogP contribution < -0.4 is 15.4 Å². The topological polar surface area (TPSA) is 67.4 Å². The van der Waals surface area contributed by atoms with Crippen LogP contribution in [0.3, 0.4) is 0 Å². The third-order valence-electron chi connectivity index (χ3n) is 4.29. The average Bonchev–Trinajstić information content (AvgIpc) is 3.36. The molecule has 2 amide bonds. The van der Waals surface area contributed by atoms with Crippen LogP contribution in [-0.4, -0.2) is 25.0 Å². The Balaban J connectivity index is 1.54. The van der Waals surface area contributed by atoms with Crippen molar-refractivity contribution in [2.45, 2.75) is 25.3 Å². The van der Waals surface area contributed by atoms with Crippen molar-refractivity contribution in [3.63, 3.8) is 0 Å². The van der Waals surface area contributed by atoms with Gasteiger partial charge in [0.1, 0.15) is 11.6 Å². The van der Waals surface area contributed by atoms with E-state index < -0.39 is 11.8 Å². The van der Waals surface area contributed by atoms with Crippen molar-refractivity contribution in [3.8, 4) is 5.75 Å². The summed E-state index contributed by atoms with van der Waals surface area (Å²) in [6, 6.07) is 11.6. The van der Waals surface area contributed by atoms with Gasteiger partial charge in [0.25, 0.3) is 0 Å². The van der Waals surface area contributed by atoms with Crippen LogP contribution in [0.1, 0.15) is 23.5 Å². The first-order valence-corrected chi connectivity index (χ1v) is 8.00. The predicted octanol–water partition coefficient (Wildman–Crippen LogP) is 2.75. The molecule has 2 atom stereocenters. The molecular weight excluding hydrogens is 323 g/mol. The zero-order valence-electron chi connectivity index (χ0n) is 14.0. The zero-order chi connectivity index (χ0) is 18.0. The first-order chi connectivity index (χ1) is 12.0. The molecule has 1 saturated carbocycles. The molecule has 0 aliphatic heterocycles. The smallest absolute Gasteiger partial charge is 0.313 e. The highest BCUT2D eigenvalue weighted by Crippen LogP contribution is 2.41. The predicted molar refractivity (Wildman–Crippen MR) is 92.0 cm³/mol. The number of anilines is 1. The van der Waals surface area contributed by atoms with E-state index in [2.05, 4.69) is 10.6 Å². The fourth-order valence-electron chi connectivity index (χ4n) is 2.75. The summed E-state index contributed by atoms with van der Waals surface area (Å²) in [5, 5.41) is 5.23. The van der Waals surface area contributed by atoms with Crippen LogP contribution in [0.15, 0.2) is 42.5 Å². The maximum atomic E-state index is 13.1. The van der Waals surface area contributed by atoms with Gasteiger partial charge in [-0.3, -0.25) is 9.59 Å². The Morgan fingerprint density at radius 3 is 2.48 bits per heavy atom. The Labute approximate surface area is 145 Å². The van der Waals surface area contributed by atoms with Crippen LogP contribution in [0.2, 0.25) is 0 Å². The van der Waals surface area contributed by atoms with Gasteiger partial charge >= 0.3 is 11.8 Å². The number of hydrogen-bond donors (Lipinski definition) is 2. The summed E-state index contributed by atoms with van der Waals surface area (Å²) < 4.78 is 18.2. The number of aryl methyl sites for hydroxylation is 1. The Hall–Kier alpha value is -2.89. The van der Waals surface area contributed by atoms with Gasteiger partial charge in [0.15, 0.2) is 0 Å². The number of hydrogen-bond acceptors (Lipinski definition) is 3. The molecule has 0 radical (unpaired) electrons. The van der Waals surface area contributed by atoms with Crippen molar-refractivity contribution in [1.29, 1.82) is 0 Å². The number of halogens is 1. The van der Waals surface area contributed by atoms with Crippen LogP contribution in [0, 0.1) is 12.7 Å². The molecule has 0 unspecified atom stereocenters. The third kappa shape index (κ3) is 3.96. The molecule has 1 aliphatic rings. The minimum absolute atomic E-state index is 0.0547. The number of carbonyl (C=O) groups is 2. The van der Waals surface area contributed by atoms with E-state index in [0.717, 1.165) is 17.7 Å². The van der Waals surface area contributed by atoms with E-state index in [9.17, 15) is 14.0 Å².